The number of nitrogens with zero attached hydrogens (tertiary/aromatic N) is 18. The Balaban J connectivity index is 0.000000141. The summed E-state index contributed by atoms with van der Waals surface area (Å²) in [5.74, 6) is 1.05. The number of aryl methyl sites for hydroxylation is 6. The van der Waals surface area contributed by atoms with Gasteiger partial charge in [-0.05, 0) is 209 Å². The van der Waals surface area contributed by atoms with Crippen LogP contribution >= 0.6 is 91.8 Å². The molecule has 1 saturated heterocycles. The molecule has 37 heteroatoms. The molecule has 17 rings (SSSR count). The highest BCUT2D eigenvalue weighted by Gasteiger charge is 2.45. The maximum atomic E-state index is 14.0. The SMILES string of the molecule is Cc1sc2c(c1C)C(c1ccc(Cl)cc1)=N[C@@H](CC(=O)NCCN1CCN(C)CC1)c1nnc(C)n1-2.Cc1sc2c(c1C)C(c1ccc(Cl)cc1)=N[C@@H](CC(=O)OC(C)(C)C)c1nnc(C(F)(F)F)n1-2.Cc1sc2c(c1C)C(c1ccc(Cl)cc1)=N[C@@H](CC(=O)OC(C)(C)C)c1nncn1-2.Cc1sc2c(c1C)C(c1ccc(Cl)cc1)=N[C@H](CC(=O)OC(C)(C)C)c1nnc(C)n1-2. The van der Waals surface area contributed by atoms with Crippen LogP contribution < -0.4 is 5.32 Å². The van der Waals surface area contributed by atoms with Gasteiger partial charge in [0.25, 0.3) is 0 Å². The molecule has 8 aromatic heterocycles. The number of benzene rings is 4. The molecule has 0 bridgehead atoms. The molecule has 0 spiro atoms. The minimum Gasteiger partial charge on any atom is -0.460 e. The minimum absolute atomic E-state index is 0.0290. The fourth-order valence-electron chi connectivity index (χ4n) is 15.7. The van der Waals surface area contributed by atoms with Crippen LogP contribution in [-0.4, -0.2) is 179 Å². The first kappa shape index (κ1) is 96.7. The van der Waals surface area contributed by atoms with Crippen LogP contribution in [0.15, 0.2) is 123 Å². The molecule has 0 unspecified atom stereocenters. The molecule has 13 heterocycles. The zero-order valence-corrected chi connectivity index (χ0v) is 82.7. The molecule has 688 valence electrons. The predicted molar refractivity (Wildman–Crippen MR) is 512 cm³/mol. The molecule has 26 nitrogen and oxygen atoms in total. The van der Waals surface area contributed by atoms with Gasteiger partial charge in [-0.2, -0.15) is 13.2 Å². The molecule has 5 aliphatic heterocycles. The number of likely N-dealkylation sites (N-methyl/N-ethyl adjacent to an activating group) is 1. The molecule has 1 amide bonds. The number of aromatic nitrogens is 12. The second kappa shape index (κ2) is 39.1. The fourth-order valence-corrected chi connectivity index (χ4v) is 20.9. The van der Waals surface area contributed by atoms with Gasteiger partial charge in [-0.15, -0.1) is 86.1 Å². The van der Waals surface area contributed by atoms with E-state index in [1.807, 2.05) is 151 Å². The van der Waals surface area contributed by atoms with Crippen LogP contribution in [0.25, 0.3) is 20.0 Å². The van der Waals surface area contributed by atoms with E-state index in [0.29, 0.717) is 65.9 Å². The van der Waals surface area contributed by atoms with E-state index < -0.39 is 58.9 Å². The Labute approximate surface area is 794 Å². The van der Waals surface area contributed by atoms with E-state index in [-0.39, 0.29) is 49.4 Å². The minimum atomic E-state index is -4.75. The average Bonchev–Trinajstić information content (AvgIpc) is 1.62. The number of halogens is 7. The number of hydrogen-bond donors (Lipinski definition) is 1. The summed E-state index contributed by atoms with van der Waals surface area (Å²) in [7, 11) is 2.15. The first-order valence-corrected chi connectivity index (χ1v) is 47.4. The van der Waals surface area contributed by atoms with E-state index in [2.05, 4.69) is 109 Å². The van der Waals surface area contributed by atoms with Gasteiger partial charge in [-0.25, -0.2) is 0 Å². The smallest absolute Gasteiger partial charge is 0.452 e. The highest BCUT2D eigenvalue weighted by Crippen LogP contribution is 2.47. The highest BCUT2D eigenvalue weighted by atomic mass is 35.5. The first-order valence-electron chi connectivity index (χ1n) is 42.6. The summed E-state index contributed by atoms with van der Waals surface area (Å²) in [5, 5.41) is 42.3. The number of aliphatic imine (C=N–C) groups is 4. The maximum Gasteiger partial charge on any atom is 0.452 e. The molecule has 4 aromatic carbocycles. The van der Waals surface area contributed by atoms with E-state index in [1.165, 1.54) is 31.5 Å². The third-order valence-electron chi connectivity index (χ3n) is 22.3. The van der Waals surface area contributed by atoms with Gasteiger partial charge in [0.15, 0.2) is 23.3 Å². The first-order chi connectivity index (χ1) is 61.8. The second-order valence-electron chi connectivity index (χ2n) is 35.6. The van der Waals surface area contributed by atoms with Gasteiger partial charge < -0.3 is 24.4 Å². The van der Waals surface area contributed by atoms with Crippen molar-refractivity contribution in [3.63, 3.8) is 0 Å². The molecule has 1 N–H and O–H groups in total. The molecule has 12 aromatic rings. The Morgan fingerprint density at radius 1 is 0.405 bits per heavy atom. The van der Waals surface area contributed by atoms with E-state index >= 15 is 0 Å². The number of rotatable bonds is 15. The number of esters is 3. The van der Waals surface area contributed by atoms with Crippen molar-refractivity contribution >= 4 is 138 Å². The number of thiophene rings is 4. The summed E-state index contributed by atoms with van der Waals surface area (Å²) < 4.78 is 65.5. The number of fused-ring (bicyclic) bond motifs is 12. The number of amides is 1. The molecule has 0 aliphatic carbocycles. The number of piperazine rings is 1. The number of carbonyl (C=O) groups excluding carboxylic acids is 4. The van der Waals surface area contributed by atoms with E-state index in [9.17, 15) is 32.3 Å². The van der Waals surface area contributed by atoms with Gasteiger partial charge in [-0.3, -0.25) is 62.3 Å². The van der Waals surface area contributed by atoms with Gasteiger partial charge >= 0.3 is 24.1 Å². The van der Waals surface area contributed by atoms with Gasteiger partial charge in [0.2, 0.25) is 11.7 Å². The van der Waals surface area contributed by atoms with Crippen LogP contribution in [0.5, 0.6) is 0 Å². The topological polar surface area (TPSA) is 287 Å². The second-order valence-corrected chi connectivity index (χ2v) is 42.1. The normalized spacial score (nSPS) is 16.5. The van der Waals surface area contributed by atoms with Crippen LogP contribution in [0.4, 0.5) is 13.2 Å². The number of ether oxygens (including phenoxy) is 3. The number of carbonyl (C=O) groups is 4. The summed E-state index contributed by atoms with van der Waals surface area (Å²) in [5.41, 5.74) is 12.6. The third kappa shape index (κ3) is 21.8. The summed E-state index contributed by atoms with van der Waals surface area (Å²) in [6.07, 6.45) is -2.98. The molecule has 4 atom stereocenters. The van der Waals surface area contributed by atoms with E-state index in [4.69, 9.17) is 80.6 Å². The average molecular weight is 1940 g/mol. The Kier molecular flexibility index (Phi) is 28.9. The number of nitrogens with one attached hydrogen (secondary N) is 1. The fraction of sp³-hybridized carbons (Fsp3) is 0.404. The predicted octanol–water partition coefficient (Wildman–Crippen LogP) is 20.5. The van der Waals surface area contributed by atoms with E-state index in [0.717, 1.165) is 136 Å². The largest absolute Gasteiger partial charge is 0.460 e. The van der Waals surface area contributed by atoms with Crippen molar-refractivity contribution in [3.8, 4) is 20.0 Å². The van der Waals surface area contributed by atoms with Crippen molar-refractivity contribution in [2.75, 3.05) is 46.3 Å². The van der Waals surface area contributed by atoms with Crippen LogP contribution in [0, 0.1) is 69.2 Å². The molecule has 131 heavy (non-hydrogen) atoms. The van der Waals surface area contributed by atoms with Crippen LogP contribution in [0.2, 0.25) is 20.1 Å². The van der Waals surface area contributed by atoms with Crippen LogP contribution in [0.1, 0.15) is 239 Å². The van der Waals surface area contributed by atoms with Gasteiger partial charge in [0.1, 0.15) is 79.0 Å². The van der Waals surface area contributed by atoms with Gasteiger partial charge in [-0.1, -0.05) is 94.9 Å². The Morgan fingerprint density at radius 2 is 0.710 bits per heavy atom. The van der Waals surface area contributed by atoms with Gasteiger partial charge in [0.05, 0.1) is 48.5 Å². The van der Waals surface area contributed by atoms with Crippen molar-refractivity contribution in [1.82, 2.24) is 74.2 Å². The summed E-state index contributed by atoms with van der Waals surface area (Å²) in [6, 6.07) is 27.3. The molecule has 5 aliphatic rings. The lowest BCUT2D eigenvalue weighted by Crippen LogP contribution is -2.47. The van der Waals surface area contributed by atoms with Crippen molar-refractivity contribution in [2.24, 2.45) is 20.0 Å². The Hall–Kier alpha value is -10.3. The Morgan fingerprint density at radius 3 is 1.05 bits per heavy atom. The maximum absolute atomic E-state index is 14.0. The quantitative estimate of drug-likeness (QED) is 0.0737. The molecule has 1 fully saturated rings. The molecule has 0 radical (unpaired) electrons. The lowest BCUT2D eigenvalue weighted by molar-refractivity contribution is -0.156. The van der Waals surface area contributed by atoms with Crippen molar-refractivity contribution in [3.05, 3.63) is 251 Å². The third-order valence-corrected chi connectivity index (χ3v) is 28.1. The number of hydrogen-bond acceptors (Lipinski definition) is 25. The standard InChI is InChI=1S/C26H32ClN7OS.C23H22ClF3N4O2S.C23H25ClN4O2S.C22H23ClN4O2S/c1-16-17(2)36-26-23(16)24(19-5-7-20(27)8-6-19)29-21(25-31-30-18(3)34(25)26)15-22(35)28-9-10-33-13-11-32(4)12-14-33;1-11-12(2)34-20-17(11)18(13-6-8-14(24)9-7-13)28-15(10-16(32)33-22(3,4)5)19-29-30-21(31(19)20)23(25,26)27;1-12-13(2)31-22-19(12)20(15-7-9-16(24)10-8-15)25-17(11-18(29)30-23(4,5)6)21-27-26-14(3)28(21)22;1-12-13(2)30-21-18(12)19(14-6-8-15(23)9-7-14)25-16(20-26-24-11-27(20)21)10-17(28)29-22(3,4)5/h5-8,21H,9-15H2,1-4H3,(H,28,35);6-9,15H,10H2,1-5H3;7-10,17H,11H2,1-6H3;6-9,11,16H,10H2,1-5H3/t21-;15-;17-;16-/m0010/s1. The highest BCUT2D eigenvalue weighted by molar-refractivity contribution is 7.16. The summed E-state index contributed by atoms with van der Waals surface area (Å²) in [4.78, 5) is 80.4. The summed E-state index contributed by atoms with van der Waals surface area (Å²) in [6.45, 7) is 42.1. The van der Waals surface area contributed by atoms with E-state index in [1.54, 1.807) is 85.4 Å². The Bertz CT molecular complexity index is 6450. The van der Waals surface area contributed by atoms with Crippen LogP contribution in [-0.2, 0) is 39.6 Å². The van der Waals surface area contributed by atoms with Gasteiger partial charge in [0, 0.05) is 123 Å². The molecular formula is C94H102Cl4F3N19O7S4. The molecule has 0 saturated carbocycles. The lowest BCUT2D eigenvalue weighted by Gasteiger charge is -2.32. The lowest BCUT2D eigenvalue weighted by atomic mass is 9.99. The molecular weight excluding hydrogens is 1830 g/mol. The summed E-state index contributed by atoms with van der Waals surface area (Å²) >= 11 is 30.8. The van der Waals surface area contributed by atoms with Crippen molar-refractivity contribution in [1.29, 1.82) is 0 Å². The van der Waals surface area contributed by atoms with Crippen LogP contribution in [0.3, 0.4) is 0 Å². The zero-order chi connectivity index (χ0) is 94.5. The zero-order valence-electron chi connectivity index (χ0n) is 76.4. The van der Waals surface area contributed by atoms with Crippen molar-refractivity contribution in [2.45, 2.75) is 204 Å². The number of alkyl halides is 3. The van der Waals surface area contributed by atoms with Crippen molar-refractivity contribution < 1.29 is 46.6 Å². The monoisotopic (exact) mass is 1930 g/mol.